The molecule has 1 aliphatic heterocycles. The van der Waals surface area contributed by atoms with Crippen LogP contribution in [0.2, 0.25) is 0 Å². The molecule has 0 radical (unpaired) electrons. The van der Waals surface area contributed by atoms with Crippen molar-refractivity contribution in [3.63, 3.8) is 0 Å². The maximum absolute atomic E-state index is 4.58. The van der Waals surface area contributed by atoms with Crippen molar-refractivity contribution in [3.8, 4) is 0 Å². The van der Waals surface area contributed by atoms with Crippen LogP contribution in [-0.4, -0.2) is 22.9 Å². The molecule has 0 unspecified atom stereocenters. The number of hydrogen-bond donors (Lipinski definition) is 0. The zero-order valence-corrected chi connectivity index (χ0v) is 13.2. The molecule has 0 bridgehead atoms. The smallest absolute Gasteiger partial charge is 0.0703 e. The van der Waals surface area contributed by atoms with Crippen LogP contribution in [0.1, 0.15) is 51.9 Å². The molecular weight excluding hydrogens is 258 g/mol. The van der Waals surface area contributed by atoms with E-state index in [1.807, 2.05) is 6.20 Å². The molecule has 114 valence electrons. The Bertz CT molecular complexity index is 567. The third kappa shape index (κ3) is 3.39. The van der Waals surface area contributed by atoms with Crippen LogP contribution in [0.15, 0.2) is 24.4 Å². The number of fused-ring (bicyclic) bond motifs is 1. The highest BCUT2D eigenvalue weighted by atomic mass is 15.3. The van der Waals surface area contributed by atoms with Crippen LogP contribution in [-0.2, 0) is 6.54 Å². The van der Waals surface area contributed by atoms with Crippen LogP contribution in [0.5, 0.6) is 0 Å². The van der Waals surface area contributed by atoms with Crippen molar-refractivity contribution in [2.24, 2.45) is 0 Å². The molecule has 0 atom stereocenters. The number of unbranched alkanes of at least 4 members (excludes halogenated alkanes) is 4. The van der Waals surface area contributed by atoms with Gasteiger partial charge in [-0.2, -0.15) is 5.10 Å². The van der Waals surface area contributed by atoms with E-state index < -0.39 is 0 Å². The lowest BCUT2D eigenvalue weighted by atomic mass is 10.1. The fourth-order valence-corrected chi connectivity index (χ4v) is 3.27. The molecule has 1 saturated heterocycles. The minimum Gasteiger partial charge on any atom is -0.371 e. The maximum atomic E-state index is 4.58. The molecule has 0 amide bonds. The number of hydrogen-bond acceptors (Lipinski definition) is 2. The molecule has 1 aromatic carbocycles. The first-order chi connectivity index (χ1) is 10.4. The zero-order valence-electron chi connectivity index (χ0n) is 13.2. The molecule has 1 aromatic heterocycles. The Morgan fingerprint density at radius 1 is 1.05 bits per heavy atom. The van der Waals surface area contributed by atoms with Crippen molar-refractivity contribution in [3.05, 3.63) is 24.4 Å². The van der Waals surface area contributed by atoms with Crippen molar-refractivity contribution in [2.75, 3.05) is 18.0 Å². The minimum absolute atomic E-state index is 1.05. The van der Waals surface area contributed by atoms with Crippen LogP contribution in [0.4, 0.5) is 5.69 Å². The molecule has 3 rings (SSSR count). The fraction of sp³-hybridized carbons (Fsp3) is 0.611. The lowest BCUT2D eigenvalue weighted by Crippen LogP contribution is -2.17. The third-order valence-corrected chi connectivity index (χ3v) is 4.57. The van der Waals surface area contributed by atoms with E-state index in [4.69, 9.17) is 0 Å². The van der Waals surface area contributed by atoms with E-state index in [0.717, 1.165) is 6.54 Å². The van der Waals surface area contributed by atoms with E-state index in [-0.39, 0.29) is 0 Å². The average Bonchev–Trinajstić information content (AvgIpc) is 3.16. The Kier molecular flexibility index (Phi) is 4.79. The standard InChI is InChI=1S/C18H27N3/c1-2-3-4-5-6-13-21-18-14-17(20-11-7-8-12-20)10-9-16(18)15-19-21/h9-10,14-15H,2-8,11-13H2,1H3. The second-order valence-electron chi connectivity index (χ2n) is 6.22. The molecule has 1 fully saturated rings. The molecule has 3 heteroatoms. The molecule has 1 aliphatic rings. The Morgan fingerprint density at radius 2 is 1.86 bits per heavy atom. The van der Waals surface area contributed by atoms with Gasteiger partial charge in [0.05, 0.1) is 11.7 Å². The Balaban J connectivity index is 1.68. The predicted octanol–water partition coefficient (Wildman–Crippen LogP) is 4.61. The topological polar surface area (TPSA) is 21.1 Å². The van der Waals surface area contributed by atoms with Crippen molar-refractivity contribution in [2.45, 2.75) is 58.4 Å². The Labute approximate surface area is 127 Å². The summed E-state index contributed by atoms with van der Waals surface area (Å²) < 4.78 is 2.20. The zero-order chi connectivity index (χ0) is 14.5. The number of benzene rings is 1. The summed E-state index contributed by atoms with van der Waals surface area (Å²) in [6.45, 7) is 5.73. The molecule has 0 N–H and O–H groups in total. The van der Waals surface area contributed by atoms with Crippen molar-refractivity contribution >= 4 is 16.6 Å². The van der Waals surface area contributed by atoms with Crippen LogP contribution in [0.25, 0.3) is 10.9 Å². The Morgan fingerprint density at radius 3 is 2.67 bits per heavy atom. The molecule has 2 heterocycles. The van der Waals surface area contributed by atoms with E-state index in [1.54, 1.807) is 0 Å². The highest BCUT2D eigenvalue weighted by molar-refractivity contribution is 5.82. The van der Waals surface area contributed by atoms with Gasteiger partial charge in [0.1, 0.15) is 0 Å². The van der Waals surface area contributed by atoms with E-state index >= 15 is 0 Å². The highest BCUT2D eigenvalue weighted by Gasteiger charge is 2.13. The van der Waals surface area contributed by atoms with Gasteiger partial charge in [0.2, 0.25) is 0 Å². The Hall–Kier alpha value is -1.51. The summed E-state index contributed by atoms with van der Waals surface area (Å²) in [5.74, 6) is 0. The molecule has 2 aromatic rings. The highest BCUT2D eigenvalue weighted by Crippen LogP contribution is 2.25. The minimum atomic E-state index is 1.05. The molecule has 0 spiro atoms. The average molecular weight is 285 g/mol. The first kappa shape index (κ1) is 14.4. The lowest BCUT2D eigenvalue weighted by molar-refractivity contribution is 0.544. The number of aryl methyl sites for hydroxylation is 1. The number of rotatable bonds is 7. The van der Waals surface area contributed by atoms with Crippen molar-refractivity contribution in [1.82, 2.24) is 9.78 Å². The molecule has 0 aliphatic carbocycles. The van der Waals surface area contributed by atoms with Gasteiger partial charge in [0.25, 0.3) is 0 Å². The first-order valence-electron chi connectivity index (χ1n) is 8.59. The van der Waals surface area contributed by atoms with Gasteiger partial charge in [0.15, 0.2) is 0 Å². The van der Waals surface area contributed by atoms with Crippen LogP contribution >= 0.6 is 0 Å². The number of anilines is 1. The van der Waals surface area contributed by atoms with E-state index in [1.165, 1.54) is 74.6 Å². The van der Waals surface area contributed by atoms with Crippen LogP contribution in [0.3, 0.4) is 0 Å². The van der Waals surface area contributed by atoms with Gasteiger partial charge < -0.3 is 4.90 Å². The van der Waals surface area contributed by atoms with Gasteiger partial charge >= 0.3 is 0 Å². The second kappa shape index (κ2) is 6.97. The van der Waals surface area contributed by atoms with Crippen LogP contribution < -0.4 is 4.90 Å². The van der Waals surface area contributed by atoms with Gasteiger partial charge in [-0.05, 0) is 37.5 Å². The van der Waals surface area contributed by atoms with Crippen LogP contribution in [0, 0.1) is 0 Å². The second-order valence-corrected chi connectivity index (χ2v) is 6.22. The maximum Gasteiger partial charge on any atom is 0.0703 e. The van der Waals surface area contributed by atoms with Crippen molar-refractivity contribution in [1.29, 1.82) is 0 Å². The summed E-state index contributed by atoms with van der Waals surface area (Å²) in [4.78, 5) is 2.50. The summed E-state index contributed by atoms with van der Waals surface area (Å²) in [5, 5.41) is 5.85. The molecular formula is C18H27N3. The number of aromatic nitrogens is 2. The van der Waals surface area contributed by atoms with Gasteiger partial charge in [-0.25, -0.2) is 0 Å². The predicted molar refractivity (Wildman–Crippen MR) is 89.9 cm³/mol. The van der Waals surface area contributed by atoms with Gasteiger partial charge in [-0.1, -0.05) is 32.6 Å². The summed E-state index contributed by atoms with van der Waals surface area (Å²) in [5.41, 5.74) is 2.67. The van der Waals surface area contributed by atoms with E-state index in [9.17, 15) is 0 Å². The van der Waals surface area contributed by atoms with Crippen molar-refractivity contribution < 1.29 is 0 Å². The lowest BCUT2D eigenvalue weighted by Gasteiger charge is -2.17. The molecule has 21 heavy (non-hydrogen) atoms. The quantitative estimate of drug-likeness (QED) is 0.693. The normalized spacial score (nSPS) is 15.2. The largest absolute Gasteiger partial charge is 0.371 e. The van der Waals surface area contributed by atoms with Gasteiger partial charge in [-0.3, -0.25) is 4.68 Å². The summed E-state index contributed by atoms with van der Waals surface area (Å²) in [7, 11) is 0. The molecule has 3 nitrogen and oxygen atoms in total. The van der Waals surface area contributed by atoms with E-state index in [2.05, 4.69) is 39.8 Å². The monoisotopic (exact) mass is 285 g/mol. The van der Waals surface area contributed by atoms with Gasteiger partial charge in [0, 0.05) is 30.7 Å². The van der Waals surface area contributed by atoms with Gasteiger partial charge in [-0.15, -0.1) is 0 Å². The first-order valence-corrected chi connectivity index (χ1v) is 8.59. The fourth-order valence-electron chi connectivity index (χ4n) is 3.27. The summed E-state index contributed by atoms with van der Waals surface area (Å²) in [6.07, 6.45) is 11.3. The number of nitrogens with zero attached hydrogens (tertiary/aromatic N) is 3. The third-order valence-electron chi connectivity index (χ3n) is 4.57. The summed E-state index contributed by atoms with van der Waals surface area (Å²) in [6, 6.07) is 6.81. The van der Waals surface area contributed by atoms with E-state index in [0.29, 0.717) is 0 Å². The molecule has 0 saturated carbocycles. The summed E-state index contributed by atoms with van der Waals surface area (Å²) >= 11 is 0. The SMILES string of the molecule is CCCCCCCn1ncc2ccc(N3CCCC3)cc21.